The van der Waals surface area contributed by atoms with E-state index in [1.807, 2.05) is 31.2 Å². The molecule has 0 aromatic heterocycles. The Balaban J connectivity index is 1.71. The Hall–Kier alpha value is -3.43. The first-order valence-corrected chi connectivity index (χ1v) is 10.8. The molecule has 0 spiro atoms. The standard InChI is InChI=1S/C26H26FN3O2/c1-26(30-13-5-6-14-30,20-9-11-21(27)12-10-20)25(31)29-17-23-22-8-4-3-7-18(22)15-19(16-28)24(23)32-2/h3-4,7-12,15H,5-6,13-14,17H2,1-2H3,(H,29,31). The fourth-order valence-corrected chi connectivity index (χ4v) is 4.63. The molecule has 5 nitrogen and oxygen atoms in total. The number of ether oxygens (including phenoxy) is 1. The molecule has 1 atom stereocenters. The maximum Gasteiger partial charge on any atom is 0.245 e. The molecule has 0 saturated carbocycles. The molecular formula is C26H26FN3O2. The molecule has 0 bridgehead atoms. The summed E-state index contributed by atoms with van der Waals surface area (Å²) in [6.07, 6.45) is 2.04. The first-order valence-electron chi connectivity index (χ1n) is 10.8. The van der Waals surface area contributed by atoms with Gasteiger partial charge in [0.2, 0.25) is 5.91 Å². The topological polar surface area (TPSA) is 65.4 Å². The van der Waals surface area contributed by atoms with Gasteiger partial charge in [-0.25, -0.2) is 4.39 Å². The van der Waals surface area contributed by atoms with Crippen LogP contribution in [0.3, 0.4) is 0 Å². The van der Waals surface area contributed by atoms with Crippen molar-refractivity contribution in [1.82, 2.24) is 10.2 Å². The molecule has 1 saturated heterocycles. The number of benzene rings is 3. The number of likely N-dealkylation sites (tertiary alicyclic amines) is 1. The highest BCUT2D eigenvalue weighted by Crippen LogP contribution is 2.34. The summed E-state index contributed by atoms with van der Waals surface area (Å²) in [7, 11) is 1.53. The highest BCUT2D eigenvalue weighted by atomic mass is 19.1. The van der Waals surface area contributed by atoms with Crippen LogP contribution in [0.1, 0.15) is 36.5 Å². The van der Waals surface area contributed by atoms with Crippen LogP contribution in [0.2, 0.25) is 0 Å². The van der Waals surface area contributed by atoms with E-state index < -0.39 is 5.54 Å². The molecule has 1 aliphatic heterocycles. The van der Waals surface area contributed by atoms with Gasteiger partial charge in [-0.3, -0.25) is 9.69 Å². The minimum atomic E-state index is -0.930. The van der Waals surface area contributed by atoms with Gasteiger partial charge in [0.1, 0.15) is 23.2 Å². The summed E-state index contributed by atoms with van der Waals surface area (Å²) in [5.41, 5.74) is 1.01. The van der Waals surface area contributed by atoms with Crippen LogP contribution >= 0.6 is 0 Å². The van der Waals surface area contributed by atoms with E-state index in [9.17, 15) is 14.4 Å². The molecule has 1 N–H and O–H groups in total. The summed E-state index contributed by atoms with van der Waals surface area (Å²) >= 11 is 0. The fourth-order valence-electron chi connectivity index (χ4n) is 4.63. The molecule has 3 aromatic carbocycles. The first-order chi connectivity index (χ1) is 15.5. The number of hydrogen-bond acceptors (Lipinski definition) is 4. The van der Waals surface area contributed by atoms with Gasteiger partial charge in [0, 0.05) is 12.1 Å². The van der Waals surface area contributed by atoms with Gasteiger partial charge >= 0.3 is 0 Å². The monoisotopic (exact) mass is 431 g/mol. The van der Waals surface area contributed by atoms with E-state index >= 15 is 0 Å². The van der Waals surface area contributed by atoms with E-state index in [1.54, 1.807) is 18.2 Å². The second-order valence-electron chi connectivity index (χ2n) is 8.22. The summed E-state index contributed by atoms with van der Waals surface area (Å²) < 4.78 is 19.1. The van der Waals surface area contributed by atoms with E-state index in [0.29, 0.717) is 11.3 Å². The molecule has 1 amide bonds. The van der Waals surface area contributed by atoms with Crippen LogP contribution < -0.4 is 10.1 Å². The van der Waals surface area contributed by atoms with E-state index in [1.165, 1.54) is 19.2 Å². The lowest BCUT2D eigenvalue weighted by molar-refractivity contribution is -0.133. The number of carbonyl (C=O) groups is 1. The smallest absolute Gasteiger partial charge is 0.245 e. The molecule has 32 heavy (non-hydrogen) atoms. The van der Waals surface area contributed by atoms with Gasteiger partial charge in [-0.1, -0.05) is 36.4 Å². The van der Waals surface area contributed by atoms with Gasteiger partial charge in [0.15, 0.2) is 0 Å². The van der Waals surface area contributed by atoms with E-state index in [2.05, 4.69) is 16.3 Å². The van der Waals surface area contributed by atoms with Crippen molar-refractivity contribution in [3.05, 3.63) is 77.1 Å². The van der Waals surface area contributed by atoms with Crippen molar-refractivity contribution in [1.29, 1.82) is 5.26 Å². The zero-order valence-corrected chi connectivity index (χ0v) is 18.3. The number of rotatable bonds is 6. The van der Waals surface area contributed by atoms with Crippen molar-refractivity contribution in [2.24, 2.45) is 0 Å². The molecule has 164 valence electrons. The number of carbonyl (C=O) groups excluding carboxylic acids is 1. The van der Waals surface area contributed by atoms with Crippen molar-refractivity contribution >= 4 is 16.7 Å². The number of amides is 1. The number of nitrogens with one attached hydrogen (secondary N) is 1. The molecular weight excluding hydrogens is 405 g/mol. The Morgan fingerprint density at radius 1 is 1.19 bits per heavy atom. The Labute approximate surface area is 187 Å². The Morgan fingerprint density at radius 3 is 2.53 bits per heavy atom. The number of hydrogen-bond donors (Lipinski definition) is 1. The lowest BCUT2D eigenvalue weighted by Gasteiger charge is -2.38. The molecule has 4 rings (SSSR count). The minimum Gasteiger partial charge on any atom is -0.495 e. The average molecular weight is 432 g/mol. The highest BCUT2D eigenvalue weighted by molar-refractivity contribution is 5.91. The summed E-state index contributed by atoms with van der Waals surface area (Å²) in [6.45, 7) is 3.71. The Morgan fingerprint density at radius 2 is 1.88 bits per heavy atom. The quantitative estimate of drug-likeness (QED) is 0.625. The number of nitriles is 1. The van der Waals surface area contributed by atoms with Crippen molar-refractivity contribution < 1.29 is 13.9 Å². The zero-order valence-electron chi connectivity index (χ0n) is 18.3. The van der Waals surface area contributed by atoms with Crippen molar-refractivity contribution in [2.75, 3.05) is 20.2 Å². The normalized spacial score (nSPS) is 15.8. The third-order valence-electron chi connectivity index (χ3n) is 6.44. The lowest BCUT2D eigenvalue weighted by atomic mass is 9.88. The van der Waals surface area contributed by atoms with Gasteiger partial charge in [0.05, 0.1) is 12.7 Å². The Bertz CT molecular complexity index is 1180. The molecule has 1 heterocycles. The maximum absolute atomic E-state index is 13.6. The van der Waals surface area contributed by atoms with Crippen LogP contribution in [0.25, 0.3) is 10.8 Å². The average Bonchev–Trinajstić information content (AvgIpc) is 3.37. The number of halogens is 1. The Kier molecular flexibility index (Phi) is 6.11. The molecule has 0 radical (unpaired) electrons. The summed E-state index contributed by atoms with van der Waals surface area (Å²) in [5, 5.41) is 14.5. The van der Waals surface area contributed by atoms with Gasteiger partial charge in [-0.2, -0.15) is 5.26 Å². The predicted molar refractivity (Wildman–Crippen MR) is 122 cm³/mol. The summed E-state index contributed by atoms with van der Waals surface area (Å²) in [4.78, 5) is 15.8. The zero-order chi connectivity index (χ0) is 22.7. The maximum atomic E-state index is 13.6. The van der Waals surface area contributed by atoms with Crippen LogP contribution in [-0.4, -0.2) is 31.0 Å². The van der Waals surface area contributed by atoms with Crippen molar-refractivity contribution in [3.8, 4) is 11.8 Å². The van der Waals surface area contributed by atoms with Gasteiger partial charge in [-0.05, 0) is 67.4 Å². The summed E-state index contributed by atoms with van der Waals surface area (Å²) in [6, 6.07) is 17.9. The summed E-state index contributed by atoms with van der Waals surface area (Å²) in [5.74, 6) is -0.0295. The van der Waals surface area contributed by atoms with Crippen molar-refractivity contribution in [2.45, 2.75) is 31.8 Å². The van der Waals surface area contributed by atoms with Crippen LogP contribution in [0, 0.1) is 17.1 Å². The van der Waals surface area contributed by atoms with Crippen molar-refractivity contribution in [3.63, 3.8) is 0 Å². The van der Waals surface area contributed by atoms with Gasteiger partial charge < -0.3 is 10.1 Å². The van der Waals surface area contributed by atoms with Gasteiger partial charge in [-0.15, -0.1) is 0 Å². The van der Waals surface area contributed by atoms with Crippen LogP contribution in [0.5, 0.6) is 5.75 Å². The third kappa shape index (κ3) is 3.80. The molecule has 1 aliphatic rings. The minimum absolute atomic E-state index is 0.167. The third-order valence-corrected chi connectivity index (χ3v) is 6.44. The van der Waals surface area contributed by atoms with E-state index in [4.69, 9.17) is 4.74 Å². The molecule has 1 unspecified atom stereocenters. The van der Waals surface area contributed by atoms with Crippen LogP contribution in [0.4, 0.5) is 4.39 Å². The second-order valence-corrected chi connectivity index (χ2v) is 8.22. The molecule has 6 heteroatoms. The largest absolute Gasteiger partial charge is 0.495 e. The lowest BCUT2D eigenvalue weighted by Crippen LogP contribution is -2.53. The van der Waals surface area contributed by atoms with Crippen LogP contribution in [0.15, 0.2) is 54.6 Å². The molecule has 0 aliphatic carbocycles. The number of nitrogens with zero attached hydrogens (tertiary/aromatic N) is 2. The molecule has 1 fully saturated rings. The first kappa shape index (κ1) is 21.8. The van der Waals surface area contributed by atoms with Crippen LogP contribution in [-0.2, 0) is 16.9 Å². The number of methoxy groups -OCH3 is 1. The number of fused-ring (bicyclic) bond motifs is 1. The SMILES string of the molecule is COc1c(C#N)cc2ccccc2c1CNC(=O)C(C)(c1ccc(F)cc1)N1CCCC1. The second kappa shape index (κ2) is 8.97. The molecule has 3 aromatic rings. The fraction of sp³-hybridized carbons (Fsp3) is 0.308. The highest BCUT2D eigenvalue weighted by Gasteiger charge is 2.42. The van der Waals surface area contributed by atoms with E-state index in [-0.39, 0.29) is 18.3 Å². The predicted octanol–water partition coefficient (Wildman–Crippen LogP) is 4.49. The van der Waals surface area contributed by atoms with E-state index in [0.717, 1.165) is 47.8 Å². The van der Waals surface area contributed by atoms with Gasteiger partial charge in [0.25, 0.3) is 0 Å².